The lowest BCUT2D eigenvalue weighted by molar-refractivity contribution is -0.142. The lowest BCUT2D eigenvalue weighted by atomic mass is 9.85. The molecule has 0 bridgehead atoms. The van der Waals surface area contributed by atoms with Crippen LogP contribution >= 0.6 is 0 Å². The molecule has 0 unspecified atom stereocenters. The van der Waals surface area contributed by atoms with Gasteiger partial charge in [-0.15, -0.1) is 5.10 Å². The largest absolute Gasteiger partial charge is 0.481 e. The Morgan fingerprint density at radius 2 is 2.12 bits per heavy atom. The van der Waals surface area contributed by atoms with Gasteiger partial charge in [0.25, 0.3) is 0 Å². The molecule has 0 spiro atoms. The molecule has 34 heavy (non-hydrogen) atoms. The van der Waals surface area contributed by atoms with Gasteiger partial charge in [0.2, 0.25) is 5.88 Å². The first-order valence-corrected chi connectivity index (χ1v) is 11.7. The normalized spacial score (nSPS) is 18.0. The van der Waals surface area contributed by atoms with Crippen LogP contribution < -0.4 is 10.1 Å². The molecule has 2 atom stereocenters. The predicted molar refractivity (Wildman–Crippen MR) is 127 cm³/mol. The van der Waals surface area contributed by atoms with E-state index in [9.17, 15) is 9.90 Å². The molecule has 3 heterocycles. The van der Waals surface area contributed by atoms with Crippen LogP contribution in [0, 0.1) is 12.8 Å². The molecule has 10 nitrogen and oxygen atoms in total. The average Bonchev–Trinajstić information content (AvgIpc) is 3.19. The van der Waals surface area contributed by atoms with Crippen molar-refractivity contribution in [3.05, 3.63) is 41.6 Å². The van der Waals surface area contributed by atoms with Gasteiger partial charge in [-0.2, -0.15) is 4.98 Å². The zero-order chi connectivity index (χ0) is 24.1. The fourth-order valence-electron chi connectivity index (χ4n) is 4.29. The minimum Gasteiger partial charge on any atom is -0.481 e. The number of hydrogen-bond donors (Lipinski definition) is 2. The van der Waals surface area contributed by atoms with Crippen LogP contribution in [0.1, 0.15) is 56.2 Å². The van der Waals surface area contributed by atoms with E-state index in [0.717, 1.165) is 48.5 Å². The summed E-state index contributed by atoms with van der Waals surface area (Å²) in [6, 6.07) is 5.79. The summed E-state index contributed by atoms with van der Waals surface area (Å²) in [6.45, 7) is 4.60. The van der Waals surface area contributed by atoms with Gasteiger partial charge < -0.3 is 15.2 Å². The maximum absolute atomic E-state index is 11.4. The summed E-state index contributed by atoms with van der Waals surface area (Å²) in [5.41, 5.74) is 4.00. The molecule has 0 saturated heterocycles. The number of carbonyl (C=O) groups is 1. The quantitative estimate of drug-likeness (QED) is 0.488. The number of nitrogens with one attached hydrogen (secondary N) is 1. The molecule has 0 radical (unpaired) electrons. The molecule has 1 saturated carbocycles. The van der Waals surface area contributed by atoms with Gasteiger partial charge in [-0.3, -0.25) is 9.48 Å². The van der Waals surface area contributed by atoms with Crippen molar-refractivity contribution in [3.63, 3.8) is 0 Å². The third-order valence-electron chi connectivity index (χ3n) is 6.11. The van der Waals surface area contributed by atoms with Gasteiger partial charge in [-0.1, -0.05) is 18.6 Å². The lowest BCUT2D eigenvalue weighted by Crippen LogP contribution is -2.31. The molecule has 2 N–H and O–H groups in total. The van der Waals surface area contributed by atoms with E-state index >= 15 is 0 Å². The van der Waals surface area contributed by atoms with Gasteiger partial charge in [0, 0.05) is 25.4 Å². The fraction of sp³-hybridized carbons (Fsp3) is 0.500. The zero-order valence-electron chi connectivity index (χ0n) is 19.9. The van der Waals surface area contributed by atoms with Crippen molar-refractivity contribution >= 4 is 11.7 Å². The van der Waals surface area contributed by atoms with Crippen molar-refractivity contribution in [1.29, 1.82) is 0 Å². The highest BCUT2D eigenvalue weighted by atomic mass is 16.5. The summed E-state index contributed by atoms with van der Waals surface area (Å²) in [5.74, 6) is 0.189. The molecular formula is C24H31N7O3. The summed E-state index contributed by atoms with van der Waals surface area (Å²) < 4.78 is 7.35. The maximum atomic E-state index is 11.4. The van der Waals surface area contributed by atoms with Crippen LogP contribution in [-0.4, -0.2) is 53.7 Å². The number of aryl methyl sites for hydroxylation is 2. The summed E-state index contributed by atoms with van der Waals surface area (Å²) in [6.07, 6.45) is 6.30. The molecule has 1 aliphatic carbocycles. The van der Waals surface area contributed by atoms with Gasteiger partial charge in [0.05, 0.1) is 41.7 Å². The molecule has 0 aliphatic heterocycles. The first kappa shape index (κ1) is 23.6. The van der Waals surface area contributed by atoms with Crippen molar-refractivity contribution in [2.75, 3.05) is 11.9 Å². The number of nitrogens with zero attached hydrogens (tertiary/aromatic N) is 6. The van der Waals surface area contributed by atoms with Gasteiger partial charge in [-0.05, 0) is 44.7 Å². The van der Waals surface area contributed by atoms with E-state index in [0.29, 0.717) is 36.8 Å². The number of aliphatic carboxylic acids is 1. The molecule has 1 aliphatic rings. The maximum Gasteiger partial charge on any atom is 0.306 e. The monoisotopic (exact) mass is 465 g/mol. The Kier molecular flexibility index (Phi) is 7.34. The highest BCUT2D eigenvalue weighted by Gasteiger charge is 2.27. The molecule has 4 rings (SSSR count). The van der Waals surface area contributed by atoms with Gasteiger partial charge in [-0.25, -0.2) is 9.97 Å². The summed E-state index contributed by atoms with van der Waals surface area (Å²) in [4.78, 5) is 25.0. The zero-order valence-corrected chi connectivity index (χ0v) is 19.9. The van der Waals surface area contributed by atoms with Crippen molar-refractivity contribution in [2.45, 2.75) is 58.4 Å². The topological polar surface area (TPSA) is 128 Å². The van der Waals surface area contributed by atoms with E-state index in [-0.39, 0.29) is 12.0 Å². The molecule has 3 aromatic rings. The van der Waals surface area contributed by atoms with E-state index in [1.165, 1.54) is 0 Å². The average molecular weight is 466 g/mol. The Bertz CT molecular complexity index is 1150. The van der Waals surface area contributed by atoms with E-state index in [2.05, 4.69) is 25.6 Å². The van der Waals surface area contributed by atoms with E-state index in [1.807, 2.05) is 33.0 Å². The smallest absolute Gasteiger partial charge is 0.306 e. The number of carboxylic acids is 1. The molecule has 3 aromatic heterocycles. The van der Waals surface area contributed by atoms with Crippen LogP contribution in [0.2, 0.25) is 0 Å². The third-order valence-corrected chi connectivity index (χ3v) is 6.11. The molecule has 0 amide bonds. The van der Waals surface area contributed by atoms with Crippen LogP contribution in [0.4, 0.5) is 5.69 Å². The second kappa shape index (κ2) is 10.6. The summed E-state index contributed by atoms with van der Waals surface area (Å²) in [7, 11) is 1.84. The number of aromatic nitrogens is 6. The summed E-state index contributed by atoms with van der Waals surface area (Å²) in [5, 5.41) is 21.4. The van der Waals surface area contributed by atoms with Gasteiger partial charge in [0.15, 0.2) is 0 Å². The molecule has 10 heteroatoms. The predicted octanol–water partition coefficient (Wildman–Crippen LogP) is 3.41. The van der Waals surface area contributed by atoms with Crippen LogP contribution in [-0.2, 0) is 18.3 Å². The van der Waals surface area contributed by atoms with Crippen molar-refractivity contribution in [3.8, 4) is 17.3 Å². The number of ether oxygens (including phenoxy) is 1. The Labute approximate surface area is 198 Å². The molecular weight excluding hydrogens is 434 g/mol. The number of carboxylic acid groups (broad SMARTS) is 1. The Morgan fingerprint density at radius 3 is 2.88 bits per heavy atom. The standard InChI is InChI=1S/C24H31N7O3/c1-4-12-34-22-10-11-25-21(28-22)14-20-23(29-30-31(20)3)19-9-8-18(15(2)26-19)27-17-7-5-6-16(13-17)24(32)33/h8-11,16-17,27H,4-7,12-14H2,1-3H3,(H,32,33)/t16-,17-/m0/s1. The minimum absolute atomic E-state index is 0.132. The highest BCUT2D eigenvalue weighted by Crippen LogP contribution is 2.29. The number of rotatable bonds is 9. The first-order valence-electron chi connectivity index (χ1n) is 11.7. The van der Waals surface area contributed by atoms with Gasteiger partial charge in [0.1, 0.15) is 11.5 Å². The molecule has 1 fully saturated rings. The number of pyridine rings is 1. The van der Waals surface area contributed by atoms with Crippen LogP contribution in [0.15, 0.2) is 24.4 Å². The Balaban J connectivity index is 1.51. The van der Waals surface area contributed by atoms with Crippen LogP contribution in [0.3, 0.4) is 0 Å². The first-order chi connectivity index (χ1) is 16.4. The fourth-order valence-corrected chi connectivity index (χ4v) is 4.29. The number of anilines is 1. The van der Waals surface area contributed by atoms with Crippen molar-refractivity contribution in [1.82, 2.24) is 29.9 Å². The van der Waals surface area contributed by atoms with E-state index in [1.54, 1.807) is 16.9 Å². The summed E-state index contributed by atoms with van der Waals surface area (Å²) >= 11 is 0. The molecule has 0 aromatic carbocycles. The van der Waals surface area contributed by atoms with E-state index < -0.39 is 5.97 Å². The Hall–Kier alpha value is -3.56. The van der Waals surface area contributed by atoms with Gasteiger partial charge >= 0.3 is 5.97 Å². The van der Waals surface area contributed by atoms with Crippen molar-refractivity contribution in [2.24, 2.45) is 13.0 Å². The second-order valence-corrected chi connectivity index (χ2v) is 8.72. The lowest BCUT2D eigenvalue weighted by Gasteiger charge is -2.28. The second-order valence-electron chi connectivity index (χ2n) is 8.72. The third kappa shape index (κ3) is 5.49. The Morgan fingerprint density at radius 1 is 1.26 bits per heavy atom. The van der Waals surface area contributed by atoms with Crippen LogP contribution in [0.25, 0.3) is 11.4 Å². The minimum atomic E-state index is -0.710. The highest BCUT2D eigenvalue weighted by molar-refractivity contribution is 5.70. The van der Waals surface area contributed by atoms with Crippen LogP contribution in [0.5, 0.6) is 5.88 Å². The SMILES string of the molecule is CCCOc1ccnc(Cc2c(-c3ccc(N[C@H]4CCC[C@H](C(=O)O)C4)c(C)n3)nnn2C)n1. The van der Waals surface area contributed by atoms with E-state index in [4.69, 9.17) is 9.72 Å². The number of hydrogen-bond acceptors (Lipinski definition) is 8. The van der Waals surface area contributed by atoms with Crippen molar-refractivity contribution < 1.29 is 14.6 Å². The molecule has 180 valence electrons.